The quantitative estimate of drug-likeness (QED) is 0.666. The van der Waals surface area contributed by atoms with Crippen LogP contribution in [0.2, 0.25) is 0 Å². The van der Waals surface area contributed by atoms with E-state index in [1.807, 2.05) is 19.9 Å². The van der Waals surface area contributed by atoms with E-state index >= 15 is 0 Å². The third-order valence-corrected chi connectivity index (χ3v) is 3.44. The average molecular weight is 252 g/mol. The molecule has 0 spiro atoms. The van der Waals surface area contributed by atoms with Gasteiger partial charge < -0.3 is 14.4 Å². The summed E-state index contributed by atoms with van der Waals surface area (Å²) in [5, 5.41) is 9.34. The van der Waals surface area contributed by atoms with Crippen LogP contribution in [0.4, 0.5) is 0 Å². The lowest BCUT2D eigenvalue weighted by Gasteiger charge is -2.30. The summed E-state index contributed by atoms with van der Waals surface area (Å²) >= 11 is 0. The zero-order valence-electron chi connectivity index (χ0n) is 10.7. The minimum atomic E-state index is -1.53. The first-order valence-corrected chi connectivity index (χ1v) is 5.91. The van der Waals surface area contributed by atoms with Gasteiger partial charge in [-0.05, 0) is 20.8 Å². The highest BCUT2D eigenvalue weighted by atomic mass is 16.5. The number of hydrogen-bond donors (Lipinski definition) is 0. The lowest BCUT2D eigenvalue weighted by atomic mass is 9.87. The van der Waals surface area contributed by atoms with Crippen LogP contribution in [0.3, 0.4) is 0 Å². The summed E-state index contributed by atoms with van der Waals surface area (Å²) in [6.07, 6.45) is -1.000. The van der Waals surface area contributed by atoms with Gasteiger partial charge in [-0.25, -0.2) is 0 Å². The molecule has 0 radical (unpaired) electrons. The van der Waals surface area contributed by atoms with Crippen LogP contribution in [0.5, 0.6) is 0 Å². The van der Waals surface area contributed by atoms with E-state index in [4.69, 9.17) is 9.47 Å². The van der Waals surface area contributed by atoms with Crippen LogP contribution in [-0.4, -0.2) is 41.8 Å². The van der Waals surface area contributed by atoms with Crippen molar-refractivity contribution in [2.45, 2.75) is 39.0 Å². The summed E-state index contributed by atoms with van der Waals surface area (Å²) in [5.41, 5.74) is -2.02. The van der Waals surface area contributed by atoms with Crippen molar-refractivity contribution >= 4 is 11.9 Å². The molecule has 98 valence electrons. The summed E-state index contributed by atoms with van der Waals surface area (Å²) < 4.78 is 10.4. The van der Waals surface area contributed by atoms with Crippen LogP contribution in [-0.2, 0) is 19.1 Å². The molecular weight excluding hydrogens is 236 g/mol. The largest absolute Gasteiger partial charge is 0.465 e. The van der Waals surface area contributed by atoms with E-state index in [0.717, 1.165) is 0 Å². The topological polar surface area (TPSA) is 79.6 Å². The first-order chi connectivity index (χ1) is 8.39. The van der Waals surface area contributed by atoms with E-state index in [1.165, 1.54) is 4.90 Å². The summed E-state index contributed by atoms with van der Waals surface area (Å²) in [7, 11) is 0. The third-order valence-electron chi connectivity index (χ3n) is 3.44. The number of nitrogens with zero attached hydrogens (tertiary/aromatic N) is 2. The third kappa shape index (κ3) is 1.51. The van der Waals surface area contributed by atoms with Crippen molar-refractivity contribution in [1.82, 2.24) is 4.90 Å². The van der Waals surface area contributed by atoms with Crippen LogP contribution in [0.15, 0.2) is 0 Å². The van der Waals surface area contributed by atoms with Crippen LogP contribution in [0, 0.1) is 16.7 Å². The SMILES string of the molecule is CCOC(=O)[C@@]1(C#N)CC(=O)N2[C@@H]1OCC2(C)C. The first kappa shape index (κ1) is 12.8. The van der Waals surface area contributed by atoms with E-state index in [9.17, 15) is 14.9 Å². The van der Waals surface area contributed by atoms with Crippen molar-refractivity contribution in [1.29, 1.82) is 5.26 Å². The lowest BCUT2D eigenvalue weighted by molar-refractivity contribution is -0.159. The van der Waals surface area contributed by atoms with Gasteiger partial charge in [0.15, 0.2) is 6.23 Å². The Morgan fingerprint density at radius 1 is 1.67 bits per heavy atom. The highest BCUT2D eigenvalue weighted by Crippen LogP contribution is 2.46. The Hall–Kier alpha value is -1.61. The Labute approximate surface area is 105 Å². The number of fused-ring (bicyclic) bond motifs is 1. The van der Waals surface area contributed by atoms with E-state index in [1.54, 1.807) is 6.92 Å². The molecule has 0 saturated carbocycles. The molecule has 6 nitrogen and oxygen atoms in total. The fourth-order valence-corrected chi connectivity index (χ4v) is 2.56. The van der Waals surface area contributed by atoms with E-state index < -0.39 is 23.2 Å². The van der Waals surface area contributed by atoms with Crippen LogP contribution >= 0.6 is 0 Å². The van der Waals surface area contributed by atoms with Gasteiger partial charge in [-0.2, -0.15) is 5.26 Å². The predicted octanol–water partition coefficient (Wildman–Crippen LogP) is 0.427. The molecule has 2 aliphatic heterocycles. The Balaban J connectivity index is 2.39. The molecule has 0 N–H and O–H groups in total. The van der Waals surface area contributed by atoms with Gasteiger partial charge >= 0.3 is 5.97 Å². The molecule has 0 aromatic carbocycles. The molecule has 6 heteroatoms. The molecule has 0 aromatic rings. The molecular formula is C12H16N2O4. The highest BCUT2D eigenvalue weighted by Gasteiger charge is 2.65. The van der Waals surface area contributed by atoms with Crippen molar-refractivity contribution in [2.75, 3.05) is 13.2 Å². The normalized spacial score (nSPS) is 33.1. The maximum atomic E-state index is 12.0. The maximum absolute atomic E-state index is 12.0. The van der Waals surface area contributed by atoms with E-state index in [2.05, 4.69) is 0 Å². The first-order valence-electron chi connectivity index (χ1n) is 5.91. The van der Waals surface area contributed by atoms with Crippen molar-refractivity contribution in [3.05, 3.63) is 0 Å². The predicted molar refractivity (Wildman–Crippen MR) is 60.0 cm³/mol. The summed E-state index contributed by atoms with van der Waals surface area (Å²) in [4.78, 5) is 25.5. The highest BCUT2D eigenvalue weighted by molar-refractivity contribution is 5.93. The van der Waals surface area contributed by atoms with Crippen LogP contribution < -0.4 is 0 Å². The van der Waals surface area contributed by atoms with Crippen molar-refractivity contribution in [2.24, 2.45) is 5.41 Å². The van der Waals surface area contributed by atoms with Gasteiger partial charge in [0.05, 0.1) is 31.2 Å². The Morgan fingerprint density at radius 3 is 2.89 bits per heavy atom. The van der Waals surface area contributed by atoms with Gasteiger partial charge in [0.2, 0.25) is 11.3 Å². The van der Waals surface area contributed by atoms with E-state index in [-0.39, 0.29) is 18.9 Å². The van der Waals surface area contributed by atoms with Crippen molar-refractivity contribution in [3.63, 3.8) is 0 Å². The average Bonchev–Trinajstić information content (AvgIpc) is 2.77. The number of carbonyl (C=O) groups excluding carboxylic acids is 2. The zero-order chi connectivity index (χ0) is 13.6. The molecule has 1 amide bonds. The maximum Gasteiger partial charge on any atom is 0.331 e. The number of esters is 1. The molecule has 2 fully saturated rings. The number of hydrogen-bond acceptors (Lipinski definition) is 5. The second kappa shape index (κ2) is 3.95. The lowest BCUT2D eigenvalue weighted by Crippen LogP contribution is -2.47. The standard InChI is InChI=1S/C12H16N2O4/c1-4-17-10(16)12(6-13)5-8(15)14-9(12)18-7-11(14,2)3/h9H,4-5,7H2,1-3H3/t9-,12-/m1/s1. The Bertz CT molecular complexity index is 440. The molecule has 2 rings (SSSR count). The van der Waals surface area contributed by atoms with Gasteiger partial charge in [0.1, 0.15) is 0 Å². The molecule has 0 unspecified atom stereocenters. The molecule has 0 bridgehead atoms. The number of rotatable bonds is 2. The molecule has 0 aliphatic carbocycles. The van der Waals surface area contributed by atoms with Crippen LogP contribution in [0.25, 0.3) is 0 Å². The molecule has 18 heavy (non-hydrogen) atoms. The summed E-state index contributed by atoms with van der Waals surface area (Å²) in [6, 6.07) is 1.94. The summed E-state index contributed by atoms with van der Waals surface area (Å²) in [5.74, 6) is -0.914. The van der Waals surface area contributed by atoms with Crippen molar-refractivity contribution < 1.29 is 19.1 Å². The summed E-state index contributed by atoms with van der Waals surface area (Å²) in [6.45, 7) is 5.85. The number of nitriles is 1. The molecule has 2 atom stereocenters. The van der Waals surface area contributed by atoms with Gasteiger partial charge in [-0.3, -0.25) is 9.59 Å². The molecule has 2 saturated heterocycles. The van der Waals surface area contributed by atoms with Crippen molar-refractivity contribution in [3.8, 4) is 6.07 Å². The molecule has 0 aromatic heterocycles. The zero-order valence-corrected chi connectivity index (χ0v) is 10.7. The fraction of sp³-hybridized carbons (Fsp3) is 0.750. The monoisotopic (exact) mass is 252 g/mol. The number of ether oxygens (including phenoxy) is 2. The second-order valence-electron chi connectivity index (χ2n) is 5.22. The molecule has 2 heterocycles. The minimum Gasteiger partial charge on any atom is -0.465 e. The van der Waals surface area contributed by atoms with Gasteiger partial charge in [-0.1, -0.05) is 0 Å². The minimum absolute atomic E-state index is 0.170. The Morgan fingerprint density at radius 2 is 2.33 bits per heavy atom. The van der Waals surface area contributed by atoms with Gasteiger partial charge in [-0.15, -0.1) is 0 Å². The smallest absolute Gasteiger partial charge is 0.331 e. The fourth-order valence-electron chi connectivity index (χ4n) is 2.56. The second-order valence-corrected chi connectivity index (χ2v) is 5.22. The molecule has 2 aliphatic rings. The van der Waals surface area contributed by atoms with Gasteiger partial charge in [0.25, 0.3) is 0 Å². The van der Waals surface area contributed by atoms with E-state index in [0.29, 0.717) is 6.61 Å². The Kier molecular flexibility index (Phi) is 2.82. The number of amides is 1. The van der Waals surface area contributed by atoms with Gasteiger partial charge in [0, 0.05) is 0 Å². The number of carbonyl (C=O) groups is 2. The van der Waals surface area contributed by atoms with Crippen LogP contribution in [0.1, 0.15) is 27.2 Å².